The molecule has 0 N–H and O–H groups in total. The topological polar surface area (TPSA) is 0 Å². The molecule has 21 heavy (non-hydrogen) atoms. The number of aryl methyl sites for hydroxylation is 6. The van der Waals surface area contributed by atoms with E-state index in [-0.39, 0.29) is 0 Å². The van der Waals surface area contributed by atoms with Gasteiger partial charge in [-0.05, 0) is 87.4 Å². The van der Waals surface area contributed by atoms with Crippen molar-refractivity contribution >= 4 is 5.57 Å². The van der Waals surface area contributed by atoms with Crippen LogP contribution in [0, 0.1) is 41.5 Å². The zero-order valence-corrected chi connectivity index (χ0v) is 14.4. The molecule has 2 aromatic rings. The van der Waals surface area contributed by atoms with E-state index in [4.69, 9.17) is 0 Å². The van der Waals surface area contributed by atoms with Gasteiger partial charge < -0.3 is 0 Å². The number of rotatable bonds is 2. The predicted molar refractivity (Wildman–Crippen MR) is 94.1 cm³/mol. The molecule has 0 radical (unpaired) electrons. The summed E-state index contributed by atoms with van der Waals surface area (Å²) in [5.41, 5.74) is 12.2. The van der Waals surface area contributed by atoms with E-state index in [0.29, 0.717) is 0 Å². The lowest BCUT2D eigenvalue weighted by molar-refractivity contribution is 1.25. The lowest BCUT2D eigenvalue weighted by Crippen LogP contribution is -2.01. The fourth-order valence-corrected chi connectivity index (χ4v) is 3.62. The second-order valence-electron chi connectivity index (χ2n) is 6.25. The Labute approximate surface area is 129 Å². The maximum atomic E-state index is 2.28. The summed E-state index contributed by atoms with van der Waals surface area (Å²) in [6, 6.07) is 9.13. The fourth-order valence-electron chi connectivity index (χ4n) is 3.62. The third kappa shape index (κ3) is 2.95. The summed E-state index contributed by atoms with van der Waals surface area (Å²) < 4.78 is 0. The molecule has 0 amide bonds. The van der Waals surface area contributed by atoms with Crippen LogP contribution in [0.4, 0.5) is 0 Å². The van der Waals surface area contributed by atoms with Crippen LogP contribution in [0.25, 0.3) is 5.57 Å². The lowest BCUT2D eigenvalue weighted by Gasteiger charge is -2.19. The third-order valence-electron chi connectivity index (χ3n) is 4.18. The van der Waals surface area contributed by atoms with Gasteiger partial charge in [0.1, 0.15) is 0 Å². The average molecular weight is 278 g/mol. The molecule has 0 heteroatoms. The second kappa shape index (κ2) is 5.89. The van der Waals surface area contributed by atoms with Crippen LogP contribution < -0.4 is 0 Å². The van der Waals surface area contributed by atoms with Gasteiger partial charge >= 0.3 is 0 Å². The molecule has 110 valence electrons. The second-order valence-corrected chi connectivity index (χ2v) is 6.25. The van der Waals surface area contributed by atoms with Crippen molar-refractivity contribution in [2.24, 2.45) is 0 Å². The van der Waals surface area contributed by atoms with E-state index in [2.05, 4.69) is 78.8 Å². The first-order chi connectivity index (χ1) is 9.85. The molecule has 0 aromatic heterocycles. The van der Waals surface area contributed by atoms with Gasteiger partial charge in [0.25, 0.3) is 0 Å². The summed E-state index contributed by atoms with van der Waals surface area (Å²) in [4.78, 5) is 0. The number of allylic oxidation sites excluding steroid dienone is 1. The van der Waals surface area contributed by atoms with E-state index in [1.165, 1.54) is 50.1 Å². The number of hydrogen-bond donors (Lipinski definition) is 0. The highest BCUT2D eigenvalue weighted by atomic mass is 14.2. The first-order valence-corrected chi connectivity index (χ1v) is 7.68. The summed E-state index contributed by atoms with van der Waals surface area (Å²) in [5.74, 6) is 0. The molecule has 0 aliphatic heterocycles. The Morgan fingerprint density at radius 1 is 0.619 bits per heavy atom. The number of hydrogen-bond acceptors (Lipinski definition) is 0. The molecule has 0 bridgehead atoms. The Bertz CT molecular complexity index is 609. The van der Waals surface area contributed by atoms with Gasteiger partial charge in [0.15, 0.2) is 0 Å². The van der Waals surface area contributed by atoms with Crippen molar-refractivity contribution in [1.29, 1.82) is 0 Å². The molecule has 0 heterocycles. The molecule has 0 saturated carbocycles. The molecule has 0 fully saturated rings. The quantitative estimate of drug-likeness (QED) is 0.633. The summed E-state index contributed by atoms with van der Waals surface area (Å²) >= 11 is 0. The van der Waals surface area contributed by atoms with Crippen LogP contribution in [-0.2, 0) is 0 Å². The highest BCUT2D eigenvalue weighted by Gasteiger charge is 2.15. The summed E-state index contributed by atoms with van der Waals surface area (Å²) in [6.45, 7) is 15.4. The van der Waals surface area contributed by atoms with Crippen LogP contribution in [-0.4, -0.2) is 0 Å². The third-order valence-corrected chi connectivity index (χ3v) is 4.18. The molecule has 0 aliphatic rings. The molecule has 0 saturated heterocycles. The fraction of sp³-hybridized carbons (Fsp3) is 0.333. The van der Waals surface area contributed by atoms with E-state index < -0.39 is 0 Å². The Balaban J connectivity index is 2.73. The summed E-state index contributed by atoms with van der Waals surface area (Å²) in [7, 11) is 0. The van der Waals surface area contributed by atoms with Crippen LogP contribution >= 0.6 is 0 Å². The molecule has 0 aliphatic carbocycles. The summed E-state index contributed by atoms with van der Waals surface area (Å²) in [6.07, 6.45) is 2.26. The van der Waals surface area contributed by atoms with E-state index in [1.54, 1.807) is 0 Å². The highest BCUT2D eigenvalue weighted by Crippen LogP contribution is 2.34. The van der Waals surface area contributed by atoms with Crippen molar-refractivity contribution in [2.45, 2.75) is 48.5 Å². The van der Waals surface area contributed by atoms with Crippen molar-refractivity contribution in [1.82, 2.24) is 0 Å². The molecule has 0 unspecified atom stereocenters. The minimum absolute atomic E-state index is 1.33. The number of benzene rings is 2. The van der Waals surface area contributed by atoms with Gasteiger partial charge in [0.2, 0.25) is 0 Å². The van der Waals surface area contributed by atoms with Gasteiger partial charge in [-0.1, -0.05) is 41.5 Å². The van der Waals surface area contributed by atoms with E-state index in [1.807, 2.05) is 0 Å². The molecule has 0 spiro atoms. The van der Waals surface area contributed by atoms with E-state index in [9.17, 15) is 0 Å². The van der Waals surface area contributed by atoms with Gasteiger partial charge in [0.05, 0.1) is 0 Å². The van der Waals surface area contributed by atoms with Crippen LogP contribution in [0.5, 0.6) is 0 Å². The van der Waals surface area contributed by atoms with Crippen molar-refractivity contribution in [3.05, 3.63) is 74.8 Å². The van der Waals surface area contributed by atoms with Crippen molar-refractivity contribution in [3.8, 4) is 0 Å². The smallest absolute Gasteiger partial charge is 0.0122 e. The monoisotopic (exact) mass is 278 g/mol. The largest absolute Gasteiger partial charge is 0.0791 e. The molecule has 2 rings (SSSR count). The predicted octanol–water partition coefficient (Wildman–Crippen LogP) is 5.99. The van der Waals surface area contributed by atoms with Crippen LogP contribution in [0.2, 0.25) is 0 Å². The van der Waals surface area contributed by atoms with Crippen molar-refractivity contribution in [2.75, 3.05) is 0 Å². The van der Waals surface area contributed by atoms with E-state index in [0.717, 1.165) is 0 Å². The normalized spacial score (nSPS) is 10.6. The zero-order valence-electron chi connectivity index (χ0n) is 14.4. The van der Waals surface area contributed by atoms with Crippen molar-refractivity contribution < 1.29 is 0 Å². The Morgan fingerprint density at radius 3 is 1.14 bits per heavy atom. The van der Waals surface area contributed by atoms with Crippen molar-refractivity contribution in [3.63, 3.8) is 0 Å². The van der Waals surface area contributed by atoms with Gasteiger partial charge in [0, 0.05) is 0 Å². The van der Waals surface area contributed by atoms with Gasteiger partial charge in [-0.2, -0.15) is 0 Å². The van der Waals surface area contributed by atoms with Gasteiger partial charge in [-0.3, -0.25) is 0 Å². The van der Waals surface area contributed by atoms with Crippen LogP contribution in [0.15, 0.2) is 30.3 Å². The Kier molecular flexibility index (Phi) is 4.37. The van der Waals surface area contributed by atoms with Gasteiger partial charge in [-0.25, -0.2) is 0 Å². The highest BCUT2D eigenvalue weighted by molar-refractivity contribution is 5.85. The first kappa shape index (κ1) is 15.6. The van der Waals surface area contributed by atoms with Gasteiger partial charge in [-0.15, -0.1) is 0 Å². The molecule has 2 aromatic carbocycles. The van der Waals surface area contributed by atoms with E-state index >= 15 is 0 Å². The molecule has 0 atom stereocenters. The SMILES string of the molecule is CC=C(c1c(C)cc(C)cc1C)c1c(C)cc(C)cc1C. The minimum atomic E-state index is 1.33. The standard InChI is InChI=1S/C21H26/c1-8-19(20-15(4)9-13(2)10-16(20)5)21-17(6)11-14(3)12-18(21)7/h8-12H,1-7H3. The first-order valence-electron chi connectivity index (χ1n) is 7.68. The zero-order chi connectivity index (χ0) is 15.7. The Morgan fingerprint density at radius 2 is 0.905 bits per heavy atom. The molecule has 0 nitrogen and oxygen atoms in total. The maximum absolute atomic E-state index is 2.28. The van der Waals surface area contributed by atoms with Crippen LogP contribution in [0.1, 0.15) is 51.4 Å². The molecular weight excluding hydrogens is 252 g/mol. The Hall–Kier alpha value is -1.82. The maximum Gasteiger partial charge on any atom is -0.0122 e. The lowest BCUT2D eigenvalue weighted by atomic mass is 9.85. The minimum Gasteiger partial charge on any atom is -0.0791 e. The van der Waals surface area contributed by atoms with Crippen LogP contribution in [0.3, 0.4) is 0 Å². The average Bonchev–Trinajstić information content (AvgIpc) is 2.34. The summed E-state index contributed by atoms with van der Waals surface area (Å²) in [5, 5.41) is 0. The molecular formula is C21H26.